The molecular weight excluding hydrogens is 288 g/mol. The van der Waals surface area contributed by atoms with E-state index in [2.05, 4.69) is 15.1 Å². The Morgan fingerprint density at radius 2 is 2.29 bits per heavy atom. The van der Waals surface area contributed by atoms with Gasteiger partial charge in [-0.3, -0.25) is 4.68 Å². The lowest BCUT2D eigenvalue weighted by Gasteiger charge is -2.18. The lowest BCUT2D eigenvalue weighted by molar-refractivity contribution is 0.560. The molecule has 0 saturated carbocycles. The predicted molar refractivity (Wildman–Crippen MR) is 80.7 cm³/mol. The molecule has 1 aliphatic rings. The van der Waals surface area contributed by atoms with Gasteiger partial charge in [0.2, 0.25) is 10.0 Å². The summed E-state index contributed by atoms with van der Waals surface area (Å²) in [5.74, 6) is 0. The Labute approximate surface area is 124 Å². The zero-order valence-corrected chi connectivity index (χ0v) is 12.4. The van der Waals surface area contributed by atoms with E-state index >= 15 is 0 Å². The molecule has 1 aromatic carbocycles. The third-order valence-electron chi connectivity index (χ3n) is 3.52. The number of benzene rings is 1. The van der Waals surface area contributed by atoms with Gasteiger partial charge in [-0.05, 0) is 42.7 Å². The third kappa shape index (κ3) is 3.25. The molecule has 0 unspecified atom stereocenters. The van der Waals surface area contributed by atoms with Crippen molar-refractivity contribution < 1.29 is 8.42 Å². The minimum atomic E-state index is -3.47. The van der Waals surface area contributed by atoms with Crippen molar-refractivity contribution in [2.24, 2.45) is 0 Å². The summed E-state index contributed by atoms with van der Waals surface area (Å²) in [7, 11) is -3.47. The van der Waals surface area contributed by atoms with Gasteiger partial charge in [-0.15, -0.1) is 0 Å². The second-order valence-corrected chi connectivity index (χ2v) is 6.78. The third-order valence-corrected chi connectivity index (χ3v) is 4.98. The van der Waals surface area contributed by atoms with Crippen LogP contribution in [0.3, 0.4) is 0 Å². The highest BCUT2D eigenvalue weighted by Gasteiger charge is 2.17. The molecule has 2 aromatic rings. The van der Waals surface area contributed by atoms with Crippen molar-refractivity contribution in [2.75, 3.05) is 18.4 Å². The van der Waals surface area contributed by atoms with Crippen LogP contribution >= 0.6 is 0 Å². The van der Waals surface area contributed by atoms with Crippen LogP contribution in [-0.2, 0) is 23.0 Å². The molecule has 21 heavy (non-hydrogen) atoms. The van der Waals surface area contributed by atoms with Crippen molar-refractivity contribution in [2.45, 2.75) is 24.3 Å². The second-order valence-electron chi connectivity index (χ2n) is 5.02. The Hall–Kier alpha value is -1.86. The Bertz CT molecular complexity index is 711. The summed E-state index contributed by atoms with van der Waals surface area (Å²) >= 11 is 0. The fourth-order valence-corrected chi connectivity index (χ4v) is 3.50. The zero-order valence-electron chi connectivity index (χ0n) is 11.6. The van der Waals surface area contributed by atoms with Gasteiger partial charge in [-0.25, -0.2) is 13.1 Å². The summed E-state index contributed by atoms with van der Waals surface area (Å²) in [6.45, 7) is 1.78. The molecule has 2 N–H and O–H groups in total. The molecular formula is C14H18N4O2S. The molecule has 0 radical (unpaired) electrons. The topological polar surface area (TPSA) is 76.0 Å². The molecule has 2 heterocycles. The maximum absolute atomic E-state index is 12.3. The molecule has 0 aliphatic carbocycles. The highest BCUT2D eigenvalue weighted by molar-refractivity contribution is 7.89. The maximum atomic E-state index is 12.3. The molecule has 3 rings (SSSR count). The number of hydrogen-bond acceptors (Lipinski definition) is 4. The Morgan fingerprint density at radius 3 is 3.10 bits per heavy atom. The van der Waals surface area contributed by atoms with Gasteiger partial charge < -0.3 is 5.32 Å². The van der Waals surface area contributed by atoms with Crippen LogP contribution in [0.5, 0.6) is 0 Å². The number of nitrogens with one attached hydrogen (secondary N) is 2. The van der Waals surface area contributed by atoms with Crippen LogP contribution in [0.15, 0.2) is 41.6 Å². The second kappa shape index (κ2) is 5.87. The first-order chi connectivity index (χ1) is 10.1. The van der Waals surface area contributed by atoms with Gasteiger partial charge in [0.05, 0.1) is 11.4 Å². The molecule has 7 heteroatoms. The van der Waals surface area contributed by atoms with Gasteiger partial charge in [0.25, 0.3) is 0 Å². The van der Waals surface area contributed by atoms with E-state index in [1.54, 1.807) is 29.2 Å². The number of nitrogens with zero attached hydrogens (tertiary/aromatic N) is 2. The summed E-state index contributed by atoms with van der Waals surface area (Å²) in [6.07, 6.45) is 5.42. The van der Waals surface area contributed by atoms with E-state index in [0.717, 1.165) is 30.6 Å². The van der Waals surface area contributed by atoms with Crippen LogP contribution < -0.4 is 10.0 Å². The first kappa shape index (κ1) is 14.1. The van der Waals surface area contributed by atoms with E-state index < -0.39 is 10.0 Å². The quantitative estimate of drug-likeness (QED) is 0.871. The van der Waals surface area contributed by atoms with E-state index in [0.29, 0.717) is 18.0 Å². The number of rotatable bonds is 5. The van der Waals surface area contributed by atoms with Crippen LogP contribution in [0.2, 0.25) is 0 Å². The minimum absolute atomic E-state index is 0.319. The number of aromatic nitrogens is 2. The van der Waals surface area contributed by atoms with E-state index in [-0.39, 0.29) is 0 Å². The van der Waals surface area contributed by atoms with E-state index in [4.69, 9.17) is 0 Å². The Balaban J connectivity index is 1.69. The predicted octanol–water partition coefficient (Wildman–Crippen LogP) is 1.22. The average molecular weight is 306 g/mol. The van der Waals surface area contributed by atoms with Gasteiger partial charge in [0, 0.05) is 31.2 Å². The highest BCUT2D eigenvalue weighted by atomic mass is 32.2. The van der Waals surface area contributed by atoms with Crippen molar-refractivity contribution >= 4 is 15.7 Å². The summed E-state index contributed by atoms with van der Waals surface area (Å²) in [5.41, 5.74) is 2.10. The standard InChI is InChI=1S/C14H18N4O2S/c19-21(20,17-8-10-18-9-2-7-16-18)13-4-5-14-12(11-13)3-1-6-15-14/h2,4-5,7,9,11,15,17H,1,3,6,8,10H2. The summed E-state index contributed by atoms with van der Waals surface area (Å²) in [5, 5.41) is 7.32. The summed E-state index contributed by atoms with van der Waals surface area (Å²) < 4.78 is 28.9. The number of hydrogen-bond donors (Lipinski definition) is 2. The van der Waals surface area contributed by atoms with Crippen molar-refractivity contribution in [1.29, 1.82) is 0 Å². The largest absolute Gasteiger partial charge is 0.385 e. The summed E-state index contributed by atoms with van der Waals surface area (Å²) in [4.78, 5) is 0.324. The molecule has 6 nitrogen and oxygen atoms in total. The van der Waals surface area contributed by atoms with Gasteiger partial charge in [0.1, 0.15) is 0 Å². The smallest absolute Gasteiger partial charge is 0.240 e. The molecule has 0 bridgehead atoms. The molecule has 112 valence electrons. The number of fused-ring (bicyclic) bond motifs is 1. The molecule has 0 amide bonds. The Morgan fingerprint density at radius 1 is 1.38 bits per heavy atom. The van der Waals surface area contributed by atoms with Crippen LogP contribution in [0, 0.1) is 0 Å². The first-order valence-corrected chi connectivity index (χ1v) is 8.47. The van der Waals surface area contributed by atoms with E-state index in [1.807, 2.05) is 12.1 Å². The minimum Gasteiger partial charge on any atom is -0.385 e. The normalized spacial score (nSPS) is 14.5. The van der Waals surface area contributed by atoms with Gasteiger partial charge in [0.15, 0.2) is 0 Å². The Kier molecular flexibility index (Phi) is 3.94. The van der Waals surface area contributed by atoms with Gasteiger partial charge >= 0.3 is 0 Å². The maximum Gasteiger partial charge on any atom is 0.240 e. The molecule has 0 atom stereocenters. The number of sulfonamides is 1. The van der Waals surface area contributed by atoms with Crippen molar-refractivity contribution in [1.82, 2.24) is 14.5 Å². The number of anilines is 1. The monoisotopic (exact) mass is 306 g/mol. The average Bonchev–Trinajstić information content (AvgIpc) is 3.00. The van der Waals surface area contributed by atoms with Crippen molar-refractivity contribution in [3.05, 3.63) is 42.2 Å². The van der Waals surface area contributed by atoms with Crippen LogP contribution in [0.4, 0.5) is 5.69 Å². The highest BCUT2D eigenvalue weighted by Crippen LogP contribution is 2.24. The SMILES string of the molecule is O=S(=O)(NCCn1cccn1)c1ccc2c(c1)CCCN2. The first-order valence-electron chi connectivity index (χ1n) is 6.99. The molecule has 0 saturated heterocycles. The fourth-order valence-electron chi connectivity index (χ4n) is 2.43. The fraction of sp³-hybridized carbons (Fsp3) is 0.357. The molecule has 1 aromatic heterocycles. The lowest BCUT2D eigenvalue weighted by atomic mass is 10.0. The summed E-state index contributed by atoms with van der Waals surface area (Å²) in [6, 6.07) is 7.06. The van der Waals surface area contributed by atoms with Crippen LogP contribution in [0.25, 0.3) is 0 Å². The van der Waals surface area contributed by atoms with Gasteiger partial charge in [-0.2, -0.15) is 5.10 Å². The van der Waals surface area contributed by atoms with Crippen LogP contribution in [0.1, 0.15) is 12.0 Å². The molecule has 0 spiro atoms. The lowest BCUT2D eigenvalue weighted by Crippen LogP contribution is -2.28. The van der Waals surface area contributed by atoms with E-state index in [9.17, 15) is 8.42 Å². The zero-order chi connectivity index (χ0) is 14.7. The van der Waals surface area contributed by atoms with Gasteiger partial charge in [-0.1, -0.05) is 0 Å². The van der Waals surface area contributed by atoms with Crippen molar-refractivity contribution in [3.8, 4) is 0 Å². The van der Waals surface area contributed by atoms with Crippen LogP contribution in [-0.4, -0.2) is 31.3 Å². The van der Waals surface area contributed by atoms with Crippen molar-refractivity contribution in [3.63, 3.8) is 0 Å². The number of aryl methyl sites for hydroxylation is 1. The molecule has 1 aliphatic heterocycles. The van der Waals surface area contributed by atoms with E-state index in [1.165, 1.54) is 0 Å². The molecule has 0 fully saturated rings.